The molecule has 20 heavy (non-hydrogen) atoms. The summed E-state index contributed by atoms with van der Waals surface area (Å²) >= 11 is 0. The highest BCUT2D eigenvalue weighted by atomic mass is 16.3. The lowest BCUT2D eigenvalue weighted by molar-refractivity contribution is -0.145. The Morgan fingerprint density at radius 1 is 1.30 bits per heavy atom. The van der Waals surface area contributed by atoms with Gasteiger partial charge in [-0.15, -0.1) is 0 Å². The van der Waals surface area contributed by atoms with E-state index in [4.69, 9.17) is 0 Å². The second-order valence-corrected chi connectivity index (χ2v) is 6.61. The molecule has 6 nitrogen and oxygen atoms in total. The van der Waals surface area contributed by atoms with Gasteiger partial charge >= 0.3 is 0 Å². The van der Waals surface area contributed by atoms with Crippen molar-refractivity contribution in [3.8, 4) is 0 Å². The highest BCUT2D eigenvalue weighted by Crippen LogP contribution is 2.44. The Labute approximate surface area is 119 Å². The van der Waals surface area contributed by atoms with Crippen molar-refractivity contribution in [3.05, 3.63) is 0 Å². The predicted molar refractivity (Wildman–Crippen MR) is 72.9 cm³/mol. The van der Waals surface area contributed by atoms with Crippen LogP contribution in [0.2, 0.25) is 0 Å². The minimum absolute atomic E-state index is 0.0613. The number of rotatable bonds is 6. The summed E-state index contributed by atoms with van der Waals surface area (Å²) in [6.07, 6.45) is 4.33. The maximum atomic E-state index is 12.0. The number of nitrogens with zero attached hydrogens (tertiary/aromatic N) is 2. The normalized spacial score (nSPS) is 24.9. The molecule has 0 spiro atoms. The molecule has 2 N–H and O–H groups in total. The molecule has 0 radical (unpaired) electrons. The van der Waals surface area contributed by atoms with Crippen LogP contribution < -0.4 is 5.32 Å². The molecule has 0 unspecified atom stereocenters. The number of carbonyl (C=O) groups excluding carboxylic acids is 2. The average molecular weight is 281 g/mol. The lowest BCUT2D eigenvalue weighted by atomic mass is 9.89. The first-order chi connectivity index (χ1) is 9.46. The van der Waals surface area contributed by atoms with E-state index >= 15 is 0 Å². The zero-order valence-electron chi connectivity index (χ0n) is 12.0. The molecular weight excluding hydrogens is 258 g/mol. The predicted octanol–water partition coefficient (Wildman–Crippen LogP) is -0.820. The van der Waals surface area contributed by atoms with Crippen molar-refractivity contribution < 1.29 is 14.7 Å². The Bertz CT molecular complexity index is 412. The summed E-state index contributed by atoms with van der Waals surface area (Å²) in [7, 11) is 1.65. The van der Waals surface area contributed by atoms with Crippen molar-refractivity contribution in [3.63, 3.8) is 0 Å². The third-order valence-electron chi connectivity index (χ3n) is 4.44. The van der Waals surface area contributed by atoms with E-state index in [1.165, 1.54) is 4.90 Å². The van der Waals surface area contributed by atoms with Gasteiger partial charge in [0.2, 0.25) is 11.8 Å². The first-order valence-corrected chi connectivity index (χ1v) is 7.44. The zero-order valence-corrected chi connectivity index (χ0v) is 12.0. The number of hydrogen-bond acceptors (Lipinski definition) is 4. The molecule has 3 rings (SSSR count). The number of amides is 2. The molecule has 0 bridgehead atoms. The molecule has 112 valence electrons. The molecule has 2 amide bonds. The van der Waals surface area contributed by atoms with Gasteiger partial charge in [-0.05, 0) is 31.6 Å². The van der Waals surface area contributed by atoms with Crippen LogP contribution in [-0.2, 0) is 9.59 Å². The van der Waals surface area contributed by atoms with Crippen molar-refractivity contribution >= 4 is 11.8 Å². The maximum Gasteiger partial charge on any atom is 0.239 e. The van der Waals surface area contributed by atoms with Crippen molar-refractivity contribution in [2.24, 2.45) is 5.92 Å². The van der Waals surface area contributed by atoms with Crippen LogP contribution in [0, 0.1) is 5.92 Å². The molecule has 3 fully saturated rings. The molecule has 0 atom stereocenters. The number of carbonyl (C=O) groups is 2. The van der Waals surface area contributed by atoms with Crippen molar-refractivity contribution in [2.45, 2.75) is 37.3 Å². The van der Waals surface area contributed by atoms with E-state index < -0.39 is 5.60 Å². The first kappa shape index (κ1) is 13.8. The highest BCUT2D eigenvalue weighted by Gasteiger charge is 2.52. The lowest BCUT2D eigenvalue weighted by Crippen LogP contribution is -2.64. The number of likely N-dealkylation sites (N-methyl/N-ethyl adjacent to an activating group) is 1. The largest absolute Gasteiger partial charge is 0.387 e. The minimum Gasteiger partial charge on any atom is -0.387 e. The molecule has 6 heteroatoms. The number of likely N-dealkylation sites (tertiary alicyclic amines) is 1. The fourth-order valence-corrected chi connectivity index (χ4v) is 2.84. The monoisotopic (exact) mass is 281 g/mol. The molecule has 1 saturated heterocycles. The maximum absolute atomic E-state index is 12.0. The molecule has 2 aliphatic carbocycles. The molecule has 1 aliphatic heterocycles. The van der Waals surface area contributed by atoms with Crippen LogP contribution in [0.3, 0.4) is 0 Å². The Morgan fingerprint density at radius 2 is 1.95 bits per heavy atom. The summed E-state index contributed by atoms with van der Waals surface area (Å²) in [4.78, 5) is 27.0. The second-order valence-electron chi connectivity index (χ2n) is 6.61. The summed E-state index contributed by atoms with van der Waals surface area (Å²) in [6, 6.07) is 0.329. The van der Waals surface area contributed by atoms with Gasteiger partial charge in [0, 0.05) is 26.2 Å². The first-order valence-electron chi connectivity index (χ1n) is 7.44. The molecule has 1 heterocycles. The quantitative estimate of drug-likeness (QED) is 0.667. The fourth-order valence-electron chi connectivity index (χ4n) is 2.84. The van der Waals surface area contributed by atoms with Crippen LogP contribution >= 0.6 is 0 Å². The Kier molecular flexibility index (Phi) is 3.46. The highest BCUT2D eigenvalue weighted by molar-refractivity contribution is 5.85. The van der Waals surface area contributed by atoms with Crippen LogP contribution in [0.5, 0.6) is 0 Å². The van der Waals surface area contributed by atoms with E-state index in [9.17, 15) is 14.7 Å². The third-order valence-corrected chi connectivity index (χ3v) is 4.44. The summed E-state index contributed by atoms with van der Waals surface area (Å²) in [6.45, 7) is 1.59. The Morgan fingerprint density at radius 3 is 2.50 bits per heavy atom. The van der Waals surface area contributed by atoms with Crippen LogP contribution in [0.25, 0.3) is 0 Å². The molecule has 0 aromatic carbocycles. The topological polar surface area (TPSA) is 72.9 Å². The van der Waals surface area contributed by atoms with E-state index in [-0.39, 0.29) is 18.4 Å². The summed E-state index contributed by atoms with van der Waals surface area (Å²) < 4.78 is 0. The second kappa shape index (κ2) is 5.00. The van der Waals surface area contributed by atoms with Crippen LogP contribution in [-0.4, -0.2) is 71.6 Å². The van der Waals surface area contributed by atoms with E-state index in [1.807, 2.05) is 4.90 Å². The fraction of sp³-hybridized carbons (Fsp3) is 0.857. The number of nitrogens with one attached hydrogen (secondary N) is 1. The number of β-amino-alcohol motifs (C(OH)–C–C–N with tert-alkyl or cyclic N) is 1. The van der Waals surface area contributed by atoms with Crippen LogP contribution in [0.4, 0.5) is 0 Å². The zero-order chi connectivity index (χ0) is 14.3. The standard InChI is InChI=1S/C14H23N3O3/c1-16(6-12(18)15-11-4-5-11)13(19)7-17-8-14(20,9-17)10-2-3-10/h10-11,20H,2-9H2,1H3,(H,15,18). The smallest absolute Gasteiger partial charge is 0.239 e. The van der Waals surface area contributed by atoms with Crippen LogP contribution in [0.15, 0.2) is 0 Å². The summed E-state index contributed by atoms with van der Waals surface area (Å²) in [5.74, 6) is 0.297. The van der Waals surface area contributed by atoms with E-state index in [0.717, 1.165) is 25.7 Å². The SMILES string of the molecule is CN(CC(=O)NC1CC1)C(=O)CN1CC(O)(C2CC2)C1. The Balaban J connectivity index is 1.36. The molecule has 2 saturated carbocycles. The van der Waals surface area contributed by atoms with Gasteiger partial charge in [-0.1, -0.05) is 0 Å². The Hall–Kier alpha value is -1.14. The van der Waals surface area contributed by atoms with Gasteiger partial charge < -0.3 is 15.3 Å². The minimum atomic E-state index is -0.553. The average Bonchev–Trinajstić information content (AvgIpc) is 3.19. The molecular formula is C14H23N3O3. The van der Waals surface area contributed by atoms with Gasteiger partial charge in [0.25, 0.3) is 0 Å². The van der Waals surface area contributed by atoms with E-state index in [0.29, 0.717) is 31.6 Å². The van der Waals surface area contributed by atoms with Gasteiger partial charge in [0.15, 0.2) is 0 Å². The molecule has 3 aliphatic rings. The van der Waals surface area contributed by atoms with Crippen molar-refractivity contribution in [2.75, 3.05) is 33.2 Å². The van der Waals surface area contributed by atoms with Gasteiger partial charge in [-0.3, -0.25) is 14.5 Å². The van der Waals surface area contributed by atoms with Gasteiger partial charge in [0.1, 0.15) is 0 Å². The van der Waals surface area contributed by atoms with E-state index in [1.54, 1.807) is 7.05 Å². The molecule has 0 aromatic rings. The summed E-state index contributed by atoms with van der Waals surface area (Å²) in [5.41, 5.74) is -0.553. The third kappa shape index (κ3) is 3.12. The molecule has 0 aromatic heterocycles. The number of aliphatic hydroxyl groups is 1. The van der Waals surface area contributed by atoms with Crippen molar-refractivity contribution in [1.82, 2.24) is 15.1 Å². The van der Waals surface area contributed by atoms with Gasteiger partial charge in [-0.25, -0.2) is 0 Å². The van der Waals surface area contributed by atoms with Crippen LogP contribution in [0.1, 0.15) is 25.7 Å². The number of hydrogen-bond donors (Lipinski definition) is 2. The van der Waals surface area contributed by atoms with Crippen molar-refractivity contribution in [1.29, 1.82) is 0 Å². The van der Waals surface area contributed by atoms with Gasteiger partial charge in [0.05, 0.1) is 18.7 Å². The lowest BCUT2D eigenvalue weighted by Gasteiger charge is -2.47. The summed E-state index contributed by atoms with van der Waals surface area (Å²) in [5, 5.41) is 13.1. The van der Waals surface area contributed by atoms with Gasteiger partial charge in [-0.2, -0.15) is 0 Å². The van der Waals surface area contributed by atoms with E-state index in [2.05, 4.69) is 5.32 Å².